The lowest BCUT2D eigenvalue weighted by Crippen LogP contribution is -2.34. The van der Waals surface area contributed by atoms with Crippen molar-refractivity contribution in [1.82, 2.24) is 9.88 Å². The van der Waals surface area contributed by atoms with Gasteiger partial charge in [-0.3, -0.25) is 4.79 Å². The molecule has 6 nitrogen and oxygen atoms in total. The van der Waals surface area contributed by atoms with E-state index in [1.54, 1.807) is 11.3 Å². The quantitative estimate of drug-likeness (QED) is 0.555. The molecule has 0 bridgehead atoms. The molecule has 4 heterocycles. The molecule has 0 radical (unpaired) electrons. The number of rotatable bonds is 5. The van der Waals surface area contributed by atoms with Crippen molar-refractivity contribution in [3.05, 3.63) is 58.3 Å². The summed E-state index contributed by atoms with van der Waals surface area (Å²) in [6.45, 7) is 2.21. The highest BCUT2D eigenvalue weighted by molar-refractivity contribution is 7.10. The third-order valence-corrected chi connectivity index (χ3v) is 7.07. The van der Waals surface area contributed by atoms with Crippen LogP contribution in [0.2, 0.25) is 0 Å². The zero-order valence-electron chi connectivity index (χ0n) is 17.3. The fourth-order valence-electron chi connectivity index (χ4n) is 4.56. The number of hydrogen-bond donors (Lipinski definition) is 0. The van der Waals surface area contributed by atoms with Crippen molar-refractivity contribution in [1.29, 1.82) is 0 Å². The summed E-state index contributed by atoms with van der Waals surface area (Å²) >= 11 is 1.66. The van der Waals surface area contributed by atoms with E-state index < -0.39 is 5.97 Å². The van der Waals surface area contributed by atoms with Crippen molar-refractivity contribution in [2.45, 2.75) is 31.7 Å². The Labute approximate surface area is 185 Å². The minimum atomic E-state index is -0.486. The maximum absolute atomic E-state index is 13.0. The summed E-state index contributed by atoms with van der Waals surface area (Å²) in [6.07, 6.45) is 4.09. The van der Waals surface area contributed by atoms with Crippen LogP contribution in [0.3, 0.4) is 0 Å². The highest BCUT2D eigenvalue weighted by Gasteiger charge is 2.31. The van der Waals surface area contributed by atoms with Crippen molar-refractivity contribution in [2.24, 2.45) is 0 Å². The van der Waals surface area contributed by atoms with Gasteiger partial charge in [0.1, 0.15) is 11.4 Å². The van der Waals surface area contributed by atoms with E-state index in [0.29, 0.717) is 17.9 Å². The summed E-state index contributed by atoms with van der Waals surface area (Å²) in [4.78, 5) is 35.8. The molecule has 2 fully saturated rings. The van der Waals surface area contributed by atoms with Crippen molar-refractivity contribution in [3.63, 3.8) is 0 Å². The van der Waals surface area contributed by atoms with Crippen LogP contribution in [0, 0.1) is 0 Å². The van der Waals surface area contributed by atoms with E-state index in [0.717, 1.165) is 49.7 Å². The van der Waals surface area contributed by atoms with Crippen LogP contribution in [0.25, 0.3) is 10.9 Å². The summed E-state index contributed by atoms with van der Waals surface area (Å²) in [5.74, 6) is 0.0346. The molecular formula is C24H25N3O3S. The molecule has 2 aromatic heterocycles. The molecule has 0 spiro atoms. The van der Waals surface area contributed by atoms with Crippen LogP contribution in [-0.4, -0.2) is 48.0 Å². The van der Waals surface area contributed by atoms with Gasteiger partial charge in [-0.25, -0.2) is 9.78 Å². The normalized spacial score (nSPS) is 18.6. The molecular weight excluding hydrogens is 410 g/mol. The number of thiophene rings is 1. The maximum Gasteiger partial charge on any atom is 0.342 e. The summed E-state index contributed by atoms with van der Waals surface area (Å²) in [5.41, 5.74) is 1.29. The first kappa shape index (κ1) is 20.0. The highest BCUT2D eigenvalue weighted by Crippen LogP contribution is 2.34. The molecule has 0 aliphatic carbocycles. The maximum atomic E-state index is 13.0. The molecule has 2 saturated heterocycles. The number of likely N-dealkylation sites (tertiary alicyclic amines) is 1. The molecule has 2 aliphatic rings. The standard InChI is InChI=1S/C24H25N3O3S/c28-22(27-13-5-9-20(27)21-10-6-14-31-21)16-30-24(29)18-15-17-7-1-2-8-19(17)25-23(18)26-11-3-4-12-26/h1-2,6-8,10,14-15,20H,3-5,9,11-13,16H2. The van der Waals surface area contributed by atoms with Crippen molar-refractivity contribution < 1.29 is 14.3 Å². The van der Waals surface area contributed by atoms with E-state index in [1.807, 2.05) is 46.7 Å². The third-order valence-electron chi connectivity index (χ3n) is 6.10. The fourth-order valence-corrected chi connectivity index (χ4v) is 5.43. The molecule has 3 aromatic rings. The van der Waals surface area contributed by atoms with Crippen LogP contribution in [-0.2, 0) is 9.53 Å². The van der Waals surface area contributed by atoms with E-state index in [4.69, 9.17) is 9.72 Å². The molecule has 1 atom stereocenters. The Morgan fingerprint density at radius 2 is 1.90 bits per heavy atom. The number of fused-ring (bicyclic) bond motifs is 1. The predicted octanol–water partition coefficient (Wildman–Crippen LogP) is 4.42. The number of para-hydroxylation sites is 1. The van der Waals surface area contributed by atoms with Crippen LogP contribution in [0.5, 0.6) is 0 Å². The van der Waals surface area contributed by atoms with Crippen LogP contribution < -0.4 is 4.90 Å². The third kappa shape index (κ3) is 4.02. The first-order valence-electron chi connectivity index (χ1n) is 10.9. The number of carbonyl (C=O) groups is 2. The topological polar surface area (TPSA) is 62.7 Å². The largest absolute Gasteiger partial charge is 0.452 e. The van der Waals surface area contributed by atoms with Gasteiger partial charge in [0.05, 0.1) is 11.6 Å². The summed E-state index contributed by atoms with van der Waals surface area (Å²) in [7, 11) is 0. The highest BCUT2D eigenvalue weighted by atomic mass is 32.1. The second kappa shape index (κ2) is 8.67. The van der Waals surface area contributed by atoms with Crippen LogP contribution >= 0.6 is 11.3 Å². The van der Waals surface area contributed by atoms with Gasteiger partial charge in [-0.15, -0.1) is 11.3 Å². The molecule has 1 unspecified atom stereocenters. The van der Waals surface area contributed by atoms with E-state index in [9.17, 15) is 9.59 Å². The molecule has 5 rings (SSSR count). The van der Waals surface area contributed by atoms with Gasteiger partial charge < -0.3 is 14.5 Å². The van der Waals surface area contributed by atoms with E-state index in [1.165, 1.54) is 4.88 Å². The minimum Gasteiger partial charge on any atom is -0.452 e. The predicted molar refractivity (Wildman–Crippen MR) is 121 cm³/mol. The number of ether oxygens (including phenoxy) is 1. The van der Waals surface area contributed by atoms with Gasteiger partial charge >= 0.3 is 5.97 Å². The monoisotopic (exact) mass is 435 g/mol. The van der Waals surface area contributed by atoms with E-state index >= 15 is 0 Å². The Morgan fingerprint density at radius 3 is 2.71 bits per heavy atom. The summed E-state index contributed by atoms with van der Waals surface area (Å²) < 4.78 is 5.52. The van der Waals surface area contributed by atoms with Gasteiger partial charge in [-0.1, -0.05) is 24.3 Å². The number of aromatic nitrogens is 1. The number of pyridine rings is 1. The Morgan fingerprint density at radius 1 is 1.06 bits per heavy atom. The Kier molecular flexibility index (Phi) is 5.59. The lowest BCUT2D eigenvalue weighted by Gasteiger charge is -2.24. The van der Waals surface area contributed by atoms with Gasteiger partial charge in [0, 0.05) is 29.9 Å². The Bertz CT molecular complexity index is 1090. The lowest BCUT2D eigenvalue weighted by atomic mass is 10.1. The molecule has 0 saturated carbocycles. The minimum absolute atomic E-state index is 0.0914. The molecule has 31 heavy (non-hydrogen) atoms. The van der Waals surface area contributed by atoms with Gasteiger partial charge in [-0.2, -0.15) is 0 Å². The second-order valence-electron chi connectivity index (χ2n) is 8.08. The zero-order valence-corrected chi connectivity index (χ0v) is 18.1. The summed E-state index contributed by atoms with van der Waals surface area (Å²) in [5, 5.41) is 2.92. The van der Waals surface area contributed by atoms with Crippen LogP contribution in [0.4, 0.5) is 5.82 Å². The van der Waals surface area contributed by atoms with E-state index in [-0.39, 0.29) is 18.6 Å². The van der Waals surface area contributed by atoms with E-state index in [2.05, 4.69) is 11.0 Å². The molecule has 0 N–H and O–H groups in total. The van der Waals surface area contributed by atoms with Gasteiger partial charge in [0.25, 0.3) is 5.91 Å². The van der Waals surface area contributed by atoms with Crippen LogP contribution in [0.1, 0.15) is 47.0 Å². The second-order valence-corrected chi connectivity index (χ2v) is 9.06. The number of esters is 1. The number of hydrogen-bond acceptors (Lipinski definition) is 6. The zero-order chi connectivity index (χ0) is 21.2. The first-order chi connectivity index (χ1) is 15.2. The number of anilines is 1. The smallest absolute Gasteiger partial charge is 0.342 e. The molecule has 2 aliphatic heterocycles. The van der Waals surface area contributed by atoms with Gasteiger partial charge in [-0.05, 0) is 49.3 Å². The van der Waals surface area contributed by atoms with Crippen molar-refractivity contribution >= 4 is 39.9 Å². The molecule has 1 amide bonds. The average Bonchev–Trinajstić information content (AvgIpc) is 3.57. The Hall–Kier alpha value is -2.93. The van der Waals surface area contributed by atoms with Crippen molar-refractivity contribution in [3.8, 4) is 0 Å². The number of benzene rings is 1. The number of nitrogens with zero attached hydrogens (tertiary/aromatic N) is 3. The van der Waals surface area contributed by atoms with Crippen molar-refractivity contribution in [2.75, 3.05) is 31.1 Å². The Balaban J connectivity index is 1.34. The average molecular weight is 436 g/mol. The lowest BCUT2D eigenvalue weighted by molar-refractivity contribution is -0.135. The molecule has 160 valence electrons. The van der Waals surface area contributed by atoms with Crippen LogP contribution in [0.15, 0.2) is 47.8 Å². The van der Waals surface area contributed by atoms with Gasteiger partial charge in [0.15, 0.2) is 6.61 Å². The SMILES string of the molecule is O=C(OCC(=O)N1CCCC1c1cccs1)c1cc2ccccc2nc1N1CCCC1. The summed E-state index contributed by atoms with van der Waals surface area (Å²) in [6, 6.07) is 13.8. The fraction of sp³-hybridized carbons (Fsp3) is 0.375. The van der Waals surface area contributed by atoms with Gasteiger partial charge in [0.2, 0.25) is 0 Å². The molecule has 7 heteroatoms. The molecule has 1 aromatic carbocycles. The first-order valence-corrected chi connectivity index (χ1v) is 11.7. The number of carbonyl (C=O) groups excluding carboxylic acids is 2. The number of amides is 1.